The van der Waals surface area contributed by atoms with Crippen molar-refractivity contribution in [2.24, 2.45) is 11.8 Å². The molecule has 1 aliphatic heterocycles. The van der Waals surface area contributed by atoms with Gasteiger partial charge in [-0.25, -0.2) is 9.78 Å². The van der Waals surface area contributed by atoms with Crippen LogP contribution in [0, 0.1) is 18.8 Å². The van der Waals surface area contributed by atoms with Crippen LogP contribution >= 0.6 is 23.2 Å². The molecule has 0 radical (unpaired) electrons. The first kappa shape index (κ1) is 26.0. The number of carbonyl (C=O) groups excluding carboxylic acids is 1. The summed E-state index contributed by atoms with van der Waals surface area (Å²) in [4.78, 5) is 18.4. The van der Waals surface area contributed by atoms with Gasteiger partial charge in [-0.15, -0.1) is 0 Å². The van der Waals surface area contributed by atoms with E-state index < -0.39 is 0 Å². The lowest BCUT2D eigenvalue weighted by atomic mass is 10.0. The Morgan fingerprint density at radius 1 is 1.16 bits per heavy atom. The fraction of sp³-hybridized carbons (Fsp3) is 0.464. The third-order valence-corrected chi connectivity index (χ3v) is 8.31. The molecule has 2 saturated carbocycles. The Kier molecular flexibility index (Phi) is 7.75. The second-order valence-corrected chi connectivity index (χ2v) is 10.9. The maximum Gasteiger partial charge on any atom is 0.339 e. The van der Waals surface area contributed by atoms with E-state index in [0.29, 0.717) is 38.3 Å². The van der Waals surface area contributed by atoms with Crippen LogP contribution in [0.15, 0.2) is 35.0 Å². The summed E-state index contributed by atoms with van der Waals surface area (Å²) >= 11 is 12.3. The van der Waals surface area contributed by atoms with Gasteiger partial charge >= 0.3 is 5.97 Å². The van der Waals surface area contributed by atoms with Gasteiger partial charge in [-0.2, -0.15) is 0 Å². The monoisotopic (exact) mass is 543 g/mol. The topological polar surface area (TPSA) is 88.7 Å². The summed E-state index contributed by atoms with van der Waals surface area (Å²) in [6.45, 7) is 4.06. The van der Waals surface area contributed by atoms with E-state index in [1.165, 1.54) is 26.4 Å². The van der Waals surface area contributed by atoms with E-state index in [1.807, 2.05) is 13.0 Å². The fourth-order valence-electron chi connectivity index (χ4n) is 5.52. The van der Waals surface area contributed by atoms with Gasteiger partial charge in [0.05, 0.1) is 29.3 Å². The van der Waals surface area contributed by atoms with Crippen LogP contribution < -0.4 is 4.90 Å². The van der Waals surface area contributed by atoms with Crippen LogP contribution in [0.2, 0.25) is 10.0 Å². The van der Waals surface area contributed by atoms with Gasteiger partial charge in [-0.05, 0) is 68.2 Å². The average Bonchev–Trinajstić information content (AvgIpc) is 3.29. The van der Waals surface area contributed by atoms with Crippen molar-refractivity contribution in [2.75, 3.05) is 25.1 Å². The number of fused-ring (bicyclic) bond motifs is 1. The molecule has 3 fully saturated rings. The minimum Gasteiger partial charge on any atom is -0.465 e. The molecule has 6 rings (SSSR count). The van der Waals surface area contributed by atoms with Gasteiger partial charge in [0.1, 0.15) is 17.3 Å². The quantitative estimate of drug-likeness (QED) is 0.370. The minimum atomic E-state index is -0.310. The molecule has 7 nitrogen and oxygen atoms in total. The maximum atomic E-state index is 11.6. The summed E-state index contributed by atoms with van der Waals surface area (Å²) in [7, 11) is 1.40. The number of aliphatic hydroxyl groups excluding tert-OH is 1. The zero-order valence-corrected chi connectivity index (χ0v) is 22.6. The largest absolute Gasteiger partial charge is 0.465 e. The van der Waals surface area contributed by atoms with Crippen LogP contribution in [0.5, 0.6) is 0 Å². The van der Waals surface area contributed by atoms with E-state index in [-0.39, 0.29) is 12.6 Å². The number of rotatable bonds is 5. The van der Waals surface area contributed by atoms with Crippen LogP contribution in [0.4, 0.5) is 5.82 Å². The molecule has 1 N–H and O–H groups in total. The summed E-state index contributed by atoms with van der Waals surface area (Å²) in [5, 5.41) is 14.6. The third-order valence-electron chi connectivity index (χ3n) is 7.68. The smallest absolute Gasteiger partial charge is 0.339 e. The highest BCUT2D eigenvalue weighted by Crippen LogP contribution is 2.45. The molecule has 2 atom stereocenters. The number of benzene rings is 1. The molecular weight excluding hydrogens is 513 g/mol. The van der Waals surface area contributed by atoms with Gasteiger partial charge in [0, 0.05) is 36.3 Å². The molecule has 1 saturated heterocycles. The predicted octanol–water partition coefficient (Wildman–Crippen LogP) is 6.43. The van der Waals surface area contributed by atoms with Gasteiger partial charge in [0.15, 0.2) is 0 Å². The molecule has 3 aromatic rings. The van der Waals surface area contributed by atoms with Crippen molar-refractivity contribution in [3.05, 3.63) is 63.0 Å². The number of hydrogen-bond donors (Lipinski definition) is 1. The van der Waals surface area contributed by atoms with E-state index in [2.05, 4.69) is 15.0 Å². The summed E-state index contributed by atoms with van der Waals surface area (Å²) in [5.41, 5.74) is 3.38. The van der Waals surface area contributed by atoms with Crippen molar-refractivity contribution in [2.45, 2.75) is 51.6 Å². The van der Waals surface area contributed by atoms with Crippen LogP contribution in [0.25, 0.3) is 11.3 Å². The molecule has 0 unspecified atom stereocenters. The Balaban J connectivity index is 0.000000152. The van der Waals surface area contributed by atoms with E-state index in [1.54, 1.807) is 24.4 Å². The predicted molar refractivity (Wildman–Crippen MR) is 143 cm³/mol. The Morgan fingerprint density at radius 3 is 2.41 bits per heavy atom. The first-order valence-electron chi connectivity index (χ1n) is 12.7. The summed E-state index contributed by atoms with van der Waals surface area (Å²) in [6.07, 6.45) is 7.91. The molecular formula is C28H31Cl2N3O4. The molecule has 9 heteroatoms. The first-order valence-corrected chi connectivity index (χ1v) is 13.5. The van der Waals surface area contributed by atoms with Crippen LogP contribution in [-0.2, 0) is 11.3 Å². The zero-order chi connectivity index (χ0) is 26.1. The molecule has 37 heavy (non-hydrogen) atoms. The Morgan fingerprint density at radius 2 is 1.84 bits per heavy atom. The Bertz CT molecular complexity index is 1260. The Hall–Kier alpha value is -2.61. The molecule has 3 aliphatic rings. The highest BCUT2D eigenvalue weighted by Gasteiger charge is 2.36. The molecule has 2 aliphatic carbocycles. The van der Waals surface area contributed by atoms with Crippen LogP contribution in [-0.4, -0.2) is 41.4 Å². The van der Waals surface area contributed by atoms with Crippen molar-refractivity contribution >= 4 is 35.0 Å². The molecule has 3 heterocycles. The highest BCUT2D eigenvalue weighted by molar-refractivity contribution is 6.39. The van der Waals surface area contributed by atoms with Crippen molar-refractivity contribution < 1.29 is 19.2 Å². The SMILES string of the molecule is COC(=O)c1cnc(N2C[C@H]3CCC[C@H]3C2)cc1C.OCc1c(-c2c(Cl)cccc2Cl)noc1C1CC1. The molecule has 0 spiro atoms. The number of aryl methyl sites for hydroxylation is 1. The van der Waals surface area contributed by atoms with Gasteiger partial charge < -0.3 is 19.3 Å². The average molecular weight is 544 g/mol. The van der Waals surface area contributed by atoms with Crippen LogP contribution in [0.1, 0.15) is 65.3 Å². The van der Waals surface area contributed by atoms with Gasteiger partial charge in [0.2, 0.25) is 0 Å². The van der Waals surface area contributed by atoms with Gasteiger partial charge in [-0.1, -0.05) is 40.8 Å². The van der Waals surface area contributed by atoms with Crippen molar-refractivity contribution in [1.82, 2.24) is 10.1 Å². The number of anilines is 1. The number of hydrogen-bond acceptors (Lipinski definition) is 7. The normalized spacial score (nSPS) is 20.4. The minimum absolute atomic E-state index is 0.119. The number of methoxy groups -OCH3 is 1. The van der Waals surface area contributed by atoms with Gasteiger partial charge in [0.25, 0.3) is 0 Å². The number of aliphatic hydroxyl groups is 1. The number of esters is 1. The summed E-state index contributed by atoms with van der Waals surface area (Å²) < 4.78 is 10.1. The molecule has 2 aromatic heterocycles. The second-order valence-electron chi connectivity index (χ2n) is 10.1. The third kappa shape index (κ3) is 5.35. The summed E-state index contributed by atoms with van der Waals surface area (Å²) in [5.74, 6) is 3.54. The van der Waals surface area contributed by atoms with Gasteiger partial charge in [-0.3, -0.25) is 0 Å². The Labute approximate surface area is 226 Å². The van der Waals surface area contributed by atoms with Crippen LogP contribution in [0.3, 0.4) is 0 Å². The highest BCUT2D eigenvalue weighted by atomic mass is 35.5. The van der Waals surface area contributed by atoms with E-state index in [0.717, 1.165) is 54.9 Å². The van der Waals surface area contributed by atoms with Crippen molar-refractivity contribution in [3.8, 4) is 11.3 Å². The fourth-order valence-corrected chi connectivity index (χ4v) is 6.10. The first-order chi connectivity index (χ1) is 17.9. The maximum absolute atomic E-state index is 11.6. The number of aromatic nitrogens is 2. The zero-order valence-electron chi connectivity index (χ0n) is 21.0. The number of carbonyl (C=O) groups is 1. The summed E-state index contributed by atoms with van der Waals surface area (Å²) in [6, 6.07) is 7.27. The standard InChI is InChI=1S/C15H20N2O2.C13H11Cl2NO2/c1-10-6-14(16-7-13(10)15(18)19-2)17-8-11-4-3-5-12(11)9-17;14-9-2-1-3-10(15)11(9)12-8(6-17)13(18-16-12)7-4-5-7/h6-7,11-12H,3-5,8-9H2,1-2H3;1-3,7,17H,4-6H2/t11-,12+;. The number of halogens is 2. The molecule has 0 bridgehead atoms. The number of nitrogens with zero attached hydrogens (tertiary/aromatic N) is 3. The lowest BCUT2D eigenvalue weighted by molar-refractivity contribution is 0.0599. The lowest BCUT2D eigenvalue weighted by Crippen LogP contribution is -2.22. The second kappa shape index (κ2) is 11.0. The van der Waals surface area contributed by atoms with E-state index in [4.69, 9.17) is 32.5 Å². The number of pyridine rings is 1. The number of ether oxygens (including phenoxy) is 1. The van der Waals surface area contributed by atoms with E-state index >= 15 is 0 Å². The lowest BCUT2D eigenvalue weighted by Gasteiger charge is -2.19. The molecule has 1 aromatic carbocycles. The van der Waals surface area contributed by atoms with E-state index in [9.17, 15) is 9.90 Å². The van der Waals surface area contributed by atoms with Crippen molar-refractivity contribution in [3.63, 3.8) is 0 Å². The van der Waals surface area contributed by atoms with Crippen molar-refractivity contribution in [1.29, 1.82) is 0 Å². The molecule has 196 valence electrons. The molecule has 0 amide bonds.